The topological polar surface area (TPSA) is 94.3 Å². The highest BCUT2D eigenvalue weighted by molar-refractivity contribution is 7.89. The van der Waals surface area contributed by atoms with Crippen LogP contribution in [0.3, 0.4) is 0 Å². The fourth-order valence-electron chi connectivity index (χ4n) is 5.47. The Morgan fingerprint density at radius 1 is 1.26 bits per heavy atom. The van der Waals surface area contributed by atoms with Crippen LogP contribution in [0.4, 0.5) is 23.2 Å². The molecule has 0 spiro atoms. The van der Waals surface area contributed by atoms with Crippen LogP contribution in [0.25, 0.3) is 0 Å². The Balaban J connectivity index is 1.46. The van der Waals surface area contributed by atoms with Crippen molar-refractivity contribution in [2.24, 2.45) is 18.9 Å². The van der Waals surface area contributed by atoms with E-state index in [0.717, 1.165) is 43.3 Å². The molecule has 1 aliphatic heterocycles. The van der Waals surface area contributed by atoms with Crippen molar-refractivity contribution in [1.29, 1.82) is 5.26 Å². The Kier molecular flexibility index (Phi) is 6.35. The standard InChI is InChI=1S/C25H24F4N6O2S/c1-15-20-12-31-35(19-7-5-18(26)6-8-19)21(20)11-16-3-4-17(23(15)16)13-34(10-9-30)38(36,37)22-14-33(2)32-24(22)25(27,28)29/h5-8,11-12,14-15,17,31H,3-4,10,13H2,1-2H3/t15-,17+/m0/s1. The minimum atomic E-state index is -4.97. The van der Waals surface area contributed by atoms with E-state index in [2.05, 4.69) is 10.5 Å². The number of rotatable bonds is 6. The molecule has 1 aromatic heterocycles. The Labute approximate surface area is 217 Å². The van der Waals surface area contributed by atoms with Crippen molar-refractivity contribution < 1.29 is 26.0 Å². The van der Waals surface area contributed by atoms with E-state index in [-0.39, 0.29) is 24.2 Å². The van der Waals surface area contributed by atoms with Gasteiger partial charge in [-0.25, -0.2) is 12.8 Å². The van der Waals surface area contributed by atoms with Crippen molar-refractivity contribution in [1.82, 2.24) is 19.5 Å². The molecule has 0 radical (unpaired) electrons. The molecule has 2 aromatic rings. The third-order valence-corrected chi connectivity index (χ3v) is 8.95. The molecule has 0 amide bonds. The number of anilines is 1. The Hall–Kier alpha value is -3.63. The summed E-state index contributed by atoms with van der Waals surface area (Å²) >= 11 is 0. The first-order chi connectivity index (χ1) is 17.9. The van der Waals surface area contributed by atoms with Crippen LogP contribution in [0.1, 0.15) is 25.5 Å². The van der Waals surface area contributed by atoms with Crippen LogP contribution < -0.4 is 10.4 Å². The maximum Gasteiger partial charge on any atom is 0.436 e. The van der Waals surface area contributed by atoms with E-state index in [0.29, 0.717) is 12.8 Å². The zero-order chi connectivity index (χ0) is 27.4. The molecule has 3 aliphatic rings. The van der Waals surface area contributed by atoms with Gasteiger partial charge in [-0.3, -0.25) is 9.69 Å². The average molecular weight is 549 g/mol. The Morgan fingerprint density at radius 3 is 2.63 bits per heavy atom. The number of alkyl halides is 3. The van der Waals surface area contributed by atoms with Gasteiger partial charge in [-0.15, -0.1) is 0 Å². The highest BCUT2D eigenvalue weighted by Gasteiger charge is 2.44. The second kappa shape index (κ2) is 9.28. The van der Waals surface area contributed by atoms with Crippen LogP contribution in [-0.2, 0) is 23.2 Å². The Morgan fingerprint density at radius 2 is 1.97 bits per heavy atom. The SMILES string of the molecule is C[C@H]1C2=CNN(c3ccc(F)cc3)C2=CC2=C1[C@@H](CN(CC#N)S(=O)(=O)c1cn(C)nc1C(F)(F)F)CC2. The normalized spacial score (nSPS) is 21.2. The van der Waals surface area contributed by atoms with Crippen LogP contribution >= 0.6 is 0 Å². The molecule has 0 bridgehead atoms. The van der Waals surface area contributed by atoms with E-state index in [1.807, 2.05) is 24.2 Å². The lowest BCUT2D eigenvalue weighted by Crippen LogP contribution is -2.37. The summed E-state index contributed by atoms with van der Waals surface area (Å²) in [7, 11) is -3.45. The lowest BCUT2D eigenvalue weighted by atomic mass is 9.80. The number of aromatic nitrogens is 2. The van der Waals surface area contributed by atoms with E-state index in [1.54, 1.807) is 18.2 Å². The number of fused-ring (bicyclic) bond motifs is 1. The molecule has 8 nitrogen and oxygen atoms in total. The summed E-state index contributed by atoms with van der Waals surface area (Å²) in [6.45, 7) is 1.27. The lowest BCUT2D eigenvalue weighted by Gasteiger charge is -2.31. The van der Waals surface area contributed by atoms with Gasteiger partial charge in [-0.05, 0) is 54.7 Å². The number of nitriles is 1. The summed E-state index contributed by atoms with van der Waals surface area (Å²) in [5, 5.41) is 14.5. The van der Waals surface area contributed by atoms with Crippen molar-refractivity contribution in [3.05, 3.63) is 76.7 Å². The maximum atomic E-state index is 13.5. The predicted octanol–water partition coefficient (Wildman–Crippen LogP) is 4.24. The zero-order valence-corrected chi connectivity index (χ0v) is 21.3. The van der Waals surface area contributed by atoms with E-state index < -0.39 is 33.3 Å². The molecule has 0 saturated heterocycles. The van der Waals surface area contributed by atoms with E-state index >= 15 is 0 Å². The van der Waals surface area contributed by atoms with Gasteiger partial charge in [-0.2, -0.15) is 27.8 Å². The van der Waals surface area contributed by atoms with Gasteiger partial charge in [-0.1, -0.05) is 12.5 Å². The van der Waals surface area contributed by atoms with Crippen LogP contribution in [0.15, 0.2) is 70.1 Å². The maximum absolute atomic E-state index is 13.5. The fourth-order valence-corrected chi connectivity index (χ4v) is 7.04. The number of hydrogen-bond donors (Lipinski definition) is 1. The van der Waals surface area contributed by atoms with Gasteiger partial charge in [0.15, 0.2) is 5.69 Å². The lowest BCUT2D eigenvalue weighted by molar-refractivity contribution is -0.143. The molecule has 0 fully saturated rings. The molecule has 0 saturated carbocycles. The number of hydrogen-bond acceptors (Lipinski definition) is 6. The van der Waals surface area contributed by atoms with Gasteiger partial charge < -0.3 is 5.43 Å². The van der Waals surface area contributed by atoms with Crippen LogP contribution in [-0.4, -0.2) is 35.6 Å². The van der Waals surface area contributed by atoms with E-state index in [4.69, 9.17) is 0 Å². The molecular weight excluding hydrogens is 524 g/mol. The third-order valence-electron chi connectivity index (χ3n) is 7.14. The molecule has 38 heavy (non-hydrogen) atoms. The molecule has 13 heteroatoms. The van der Waals surface area contributed by atoms with Crippen molar-refractivity contribution in [3.8, 4) is 6.07 Å². The zero-order valence-electron chi connectivity index (χ0n) is 20.5. The largest absolute Gasteiger partial charge is 0.436 e. The first kappa shape index (κ1) is 26.0. The number of hydrazine groups is 1. The van der Waals surface area contributed by atoms with Gasteiger partial charge >= 0.3 is 6.18 Å². The first-order valence-corrected chi connectivity index (χ1v) is 13.3. The summed E-state index contributed by atoms with van der Waals surface area (Å²) in [5.41, 5.74) is 6.32. The van der Waals surface area contributed by atoms with Crippen LogP contribution in [0, 0.1) is 29.0 Å². The smallest absolute Gasteiger partial charge is 0.301 e. The van der Waals surface area contributed by atoms with E-state index in [1.165, 1.54) is 19.2 Å². The first-order valence-electron chi connectivity index (χ1n) is 11.9. The van der Waals surface area contributed by atoms with Gasteiger partial charge in [0.05, 0.1) is 17.5 Å². The second-order valence-electron chi connectivity index (χ2n) is 9.48. The highest BCUT2D eigenvalue weighted by atomic mass is 32.2. The van der Waals surface area contributed by atoms with Crippen molar-refractivity contribution >= 4 is 15.7 Å². The number of benzene rings is 1. The molecule has 2 aliphatic carbocycles. The average Bonchev–Trinajstić information content (AvgIpc) is 3.57. The van der Waals surface area contributed by atoms with Crippen LogP contribution in [0.2, 0.25) is 0 Å². The summed E-state index contributed by atoms with van der Waals surface area (Å²) < 4.78 is 82.4. The van der Waals surface area contributed by atoms with E-state index in [9.17, 15) is 31.2 Å². The number of nitrogens with one attached hydrogen (secondary N) is 1. The molecule has 2 atom stereocenters. The fraction of sp³-hybridized carbons (Fsp3) is 0.360. The molecule has 1 aromatic carbocycles. The summed E-state index contributed by atoms with van der Waals surface area (Å²) in [6, 6.07) is 7.84. The number of halogens is 4. The molecule has 1 N–H and O–H groups in total. The minimum Gasteiger partial charge on any atom is -0.301 e. The number of aryl methyl sites for hydroxylation is 1. The highest BCUT2D eigenvalue weighted by Crippen LogP contribution is 2.48. The van der Waals surface area contributed by atoms with Gasteiger partial charge in [0.25, 0.3) is 0 Å². The number of allylic oxidation sites excluding steroid dienone is 3. The Bertz CT molecular complexity index is 1520. The van der Waals surface area contributed by atoms with Crippen molar-refractivity contribution in [2.45, 2.75) is 30.8 Å². The summed E-state index contributed by atoms with van der Waals surface area (Å²) in [4.78, 5) is -0.966. The molecular formula is C25H24F4N6O2S. The van der Waals surface area contributed by atoms with Gasteiger partial charge in [0, 0.05) is 37.5 Å². The predicted molar refractivity (Wildman–Crippen MR) is 130 cm³/mol. The second-order valence-corrected chi connectivity index (χ2v) is 11.4. The minimum absolute atomic E-state index is 0.105. The molecule has 5 rings (SSSR count). The monoisotopic (exact) mass is 548 g/mol. The van der Waals surface area contributed by atoms with Crippen LogP contribution in [0.5, 0.6) is 0 Å². The van der Waals surface area contributed by atoms with Crippen molar-refractivity contribution in [2.75, 3.05) is 18.1 Å². The summed E-state index contributed by atoms with van der Waals surface area (Å²) in [6.07, 6.45) is 0.943. The van der Waals surface area contributed by atoms with Crippen molar-refractivity contribution in [3.63, 3.8) is 0 Å². The summed E-state index contributed by atoms with van der Waals surface area (Å²) in [5.74, 6) is -0.736. The number of nitrogens with zero attached hydrogens (tertiary/aromatic N) is 5. The molecule has 0 unspecified atom stereocenters. The quantitative estimate of drug-likeness (QED) is 0.429. The van der Waals surface area contributed by atoms with Gasteiger partial charge in [0.1, 0.15) is 17.3 Å². The molecule has 2 heterocycles. The third kappa shape index (κ3) is 4.37. The molecule has 200 valence electrons. The number of sulfonamides is 1. The van der Waals surface area contributed by atoms with Gasteiger partial charge in [0.2, 0.25) is 10.0 Å².